The second-order valence-corrected chi connectivity index (χ2v) is 15.6. The van der Waals surface area contributed by atoms with Crippen LogP contribution in [0.25, 0.3) is 111 Å². The highest BCUT2D eigenvalue weighted by molar-refractivity contribution is 6.11. The van der Waals surface area contributed by atoms with Gasteiger partial charge in [0, 0.05) is 49.5 Å². The van der Waals surface area contributed by atoms with E-state index in [1.165, 1.54) is 32.6 Å². The molecule has 0 amide bonds. The molecule has 62 heavy (non-hydrogen) atoms. The van der Waals surface area contributed by atoms with Crippen LogP contribution in [0, 0.1) is 0 Å². The Morgan fingerprint density at radius 2 is 0.710 bits per heavy atom. The van der Waals surface area contributed by atoms with Gasteiger partial charge in [-0.1, -0.05) is 176 Å². The lowest BCUT2D eigenvalue weighted by Gasteiger charge is -2.15. The van der Waals surface area contributed by atoms with E-state index in [-0.39, 0.29) is 0 Å². The first kappa shape index (κ1) is 35.5. The van der Waals surface area contributed by atoms with Crippen molar-refractivity contribution in [1.29, 1.82) is 0 Å². The van der Waals surface area contributed by atoms with Crippen molar-refractivity contribution in [3.63, 3.8) is 0 Å². The molecule has 0 saturated carbocycles. The molecule has 12 rings (SSSR count). The summed E-state index contributed by atoms with van der Waals surface area (Å²) in [6.07, 6.45) is 0. The fourth-order valence-corrected chi connectivity index (χ4v) is 9.11. The number of hydrogen-bond donors (Lipinski definition) is 0. The number of hydrogen-bond acceptors (Lipinski definition) is 3. The topological polar surface area (TPSA) is 48.5 Å². The van der Waals surface area contributed by atoms with Gasteiger partial charge in [0.25, 0.3) is 0 Å². The van der Waals surface area contributed by atoms with Gasteiger partial charge in [0.15, 0.2) is 17.5 Å². The number of para-hydroxylation sites is 4. The van der Waals surface area contributed by atoms with Crippen LogP contribution in [0.3, 0.4) is 0 Å². The van der Waals surface area contributed by atoms with Crippen molar-refractivity contribution in [2.24, 2.45) is 0 Å². The average molecular weight is 792 g/mol. The molecule has 0 spiro atoms. The Hall–Kier alpha value is -8.41. The lowest BCUT2D eigenvalue weighted by molar-refractivity contribution is 1.07. The molecule has 0 aliphatic carbocycles. The monoisotopic (exact) mass is 791 g/mol. The molecule has 3 aromatic heterocycles. The largest absolute Gasteiger partial charge is 0.309 e. The molecule has 0 aliphatic rings. The molecule has 0 saturated heterocycles. The molecule has 9 aromatic carbocycles. The minimum absolute atomic E-state index is 0.627. The number of benzene rings is 9. The van der Waals surface area contributed by atoms with Gasteiger partial charge >= 0.3 is 0 Å². The fraction of sp³-hybridized carbons (Fsp3) is 0. The first-order valence-electron chi connectivity index (χ1n) is 20.9. The van der Waals surface area contributed by atoms with Crippen LogP contribution in [0.15, 0.2) is 224 Å². The third kappa shape index (κ3) is 5.98. The minimum Gasteiger partial charge on any atom is -0.309 e. The molecule has 0 unspecified atom stereocenters. The molecule has 0 fully saturated rings. The van der Waals surface area contributed by atoms with E-state index >= 15 is 0 Å². The molecule has 0 N–H and O–H groups in total. The van der Waals surface area contributed by atoms with Crippen LogP contribution >= 0.6 is 0 Å². The Bertz CT molecular complexity index is 3530. The average Bonchev–Trinajstić information content (AvgIpc) is 3.87. The molecule has 3 heterocycles. The maximum atomic E-state index is 5.05. The summed E-state index contributed by atoms with van der Waals surface area (Å²) in [5.74, 6) is 1.91. The summed E-state index contributed by atoms with van der Waals surface area (Å²) in [5, 5.41) is 4.93. The predicted octanol–water partition coefficient (Wildman–Crippen LogP) is 14.4. The second kappa shape index (κ2) is 14.7. The predicted molar refractivity (Wildman–Crippen MR) is 256 cm³/mol. The van der Waals surface area contributed by atoms with Crippen LogP contribution in [-0.2, 0) is 0 Å². The van der Waals surface area contributed by atoms with Crippen molar-refractivity contribution in [2.45, 2.75) is 0 Å². The Labute approximate surface area is 358 Å². The Morgan fingerprint density at radius 1 is 0.258 bits per heavy atom. The van der Waals surface area contributed by atoms with Gasteiger partial charge in [-0.2, -0.15) is 0 Å². The van der Waals surface area contributed by atoms with Crippen molar-refractivity contribution >= 4 is 43.6 Å². The Kier molecular flexibility index (Phi) is 8.42. The number of aromatic nitrogens is 5. The van der Waals surface area contributed by atoms with Crippen LogP contribution in [0.1, 0.15) is 0 Å². The van der Waals surface area contributed by atoms with Gasteiger partial charge in [0.1, 0.15) is 0 Å². The molecular weight excluding hydrogens is 755 g/mol. The third-order valence-corrected chi connectivity index (χ3v) is 12.0. The summed E-state index contributed by atoms with van der Waals surface area (Å²) < 4.78 is 4.81. The van der Waals surface area contributed by atoms with Crippen LogP contribution in [0.2, 0.25) is 0 Å². The van der Waals surface area contributed by atoms with E-state index < -0.39 is 0 Å². The molecule has 0 radical (unpaired) electrons. The fourth-order valence-electron chi connectivity index (χ4n) is 9.11. The van der Waals surface area contributed by atoms with E-state index in [1.807, 2.05) is 60.7 Å². The summed E-state index contributed by atoms with van der Waals surface area (Å²) >= 11 is 0. The van der Waals surface area contributed by atoms with Crippen molar-refractivity contribution in [3.8, 4) is 67.8 Å². The smallest absolute Gasteiger partial charge is 0.164 e. The first-order valence-corrected chi connectivity index (χ1v) is 20.9. The number of fused-ring (bicyclic) bond motifs is 6. The van der Waals surface area contributed by atoms with E-state index in [0.717, 1.165) is 61.4 Å². The highest BCUT2D eigenvalue weighted by Crippen LogP contribution is 2.40. The van der Waals surface area contributed by atoms with Crippen LogP contribution in [0.5, 0.6) is 0 Å². The van der Waals surface area contributed by atoms with E-state index in [0.29, 0.717) is 17.5 Å². The minimum atomic E-state index is 0.627. The maximum Gasteiger partial charge on any atom is 0.164 e. The lowest BCUT2D eigenvalue weighted by Crippen LogP contribution is -2.00. The Morgan fingerprint density at radius 3 is 1.35 bits per heavy atom. The molecular formula is C57H37N5. The van der Waals surface area contributed by atoms with Gasteiger partial charge in [-0.25, -0.2) is 15.0 Å². The lowest BCUT2D eigenvalue weighted by atomic mass is 10.00. The number of rotatable bonds is 7. The number of nitrogens with zero attached hydrogens (tertiary/aromatic N) is 5. The van der Waals surface area contributed by atoms with Crippen LogP contribution in [-0.4, -0.2) is 24.1 Å². The van der Waals surface area contributed by atoms with Crippen LogP contribution in [0.4, 0.5) is 0 Å². The summed E-state index contributed by atoms with van der Waals surface area (Å²) in [6, 6.07) is 79.4. The third-order valence-electron chi connectivity index (χ3n) is 12.0. The van der Waals surface area contributed by atoms with Gasteiger partial charge < -0.3 is 9.13 Å². The summed E-state index contributed by atoms with van der Waals surface area (Å²) in [5.41, 5.74) is 14.2. The van der Waals surface area contributed by atoms with Crippen LogP contribution < -0.4 is 0 Å². The zero-order valence-corrected chi connectivity index (χ0v) is 33.6. The van der Waals surface area contributed by atoms with Gasteiger partial charge in [-0.05, 0) is 65.2 Å². The summed E-state index contributed by atoms with van der Waals surface area (Å²) in [7, 11) is 0. The highest BCUT2D eigenvalue weighted by atomic mass is 15.0. The first-order chi connectivity index (χ1) is 30.7. The van der Waals surface area contributed by atoms with Crippen molar-refractivity contribution in [2.75, 3.05) is 0 Å². The van der Waals surface area contributed by atoms with E-state index in [9.17, 15) is 0 Å². The molecule has 0 bridgehead atoms. The van der Waals surface area contributed by atoms with E-state index in [2.05, 4.69) is 173 Å². The quantitative estimate of drug-likeness (QED) is 0.162. The SMILES string of the molecule is c1ccc(-c2nc(-c3ccccc3)nc(-c3cccc(-c4ccccc4-n4c5ccccc5c5ccc(-c6cccc(-n7c8ccccc8c8ccccc87)c6)cc54)c3)n2)cc1. The zero-order valence-electron chi connectivity index (χ0n) is 33.6. The molecule has 0 aliphatic heterocycles. The second-order valence-electron chi connectivity index (χ2n) is 15.6. The Balaban J connectivity index is 1.00. The molecule has 5 heteroatoms. The normalized spacial score (nSPS) is 11.5. The van der Waals surface area contributed by atoms with Gasteiger partial charge in [0.2, 0.25) is 0 Å². The summed E-state index contributed by atoms with van der Waals surface area (Å²) in [6.45, 7) is 0. The molecule has 0 atom stereocenters. The van der Waals surface area contributed by atoms with Gasteiger partial charge in [0.05, 0.1) is 27.8 Å². The maximum absolute atomic E-state index is 5.05. The molecule has 290 valence electrons. The highest BCUT2D eigenvalue weighted by Gasteiger charge is 2.19. The van der Waals surface area contributed by atoms with Crippen molar-refractivity contribution in [1.82, 2.24) is 24.1 Å². The standard InChI is InChI=1S/C57H37N5/c1-3-17-38(18-4-1)55-58-56(39-19-5-2-6-20-39)60-57(59-55)43-23-15-22-42(35-43)45-25-7-11-29-50(45)62-53-32-14-10-28-48(53)49-34-33-41(37-54(49)62)40-21-16-24-44(36-40)61-51-30-12-8-26-46(51)47-27-9-13-31-52(47)61/h1-37H. The van der Waals surface area contributed by atoms with Gasteiger partial charge in [-0.15, -0.1) is 0 Å². The molecule has 5 nitrogen and oxygen atoms in total. The van der Waals surface area contributed by atoms with Crippen molar-refractivity contribution in [3.05, 3.63) is 224 Å². The van der Waals surface area contributed by atoms with Gasteiger partial charge in [-0.3, -0.25) is 0 Å². The summed E-state index contributed by atoms with van der Waals surface area (Å²) in [4.78, 5) is 15.0. The van der Waals surface area contributed by atoms with E-state index in [1.54, 1.807) is 0 Å². The van der Waals surface area contributed by atoms with Crippen molar-refractivity contribution < 1.29 is 0 Å². The zero-order chi connectivity index (χ0) is 41.0. The van der Waals surface area contributed by atoms with E-state index in [4.69, 9.17) is 15.0 Å². The molecule has 12 aromatic rings.